The molecule has 1 aliphatic rings. The first-order valence-corrected chi connectivity index (χ1v) is 7.73. The van der Waals surface area contributed by atoms with Crippen molar-refractivity contribution in [2.45, 2.75) is 45.2 Å². The number of nitrogens with zero attached hydrogens (tertiary/aromatic N) is 2. The number of aryl methyl sites for hydroxylation is 3. The van der Waals surface area contributed by atoms with Crippen LogP contribution in [0.15, 0.2) is 18.5 Å². The molecule has 3 rings (SSSR count). The van der Waals surface area contributed by atoms with Crippen molar-refractivity contribution in [1.29, 1.82) is 0 Å². The lowest BCUT2D eigenvalue weighted by Gasteiger charge is -2.12. The van der Waals surface area contributed by atoms with Gasteiger partial charge < -0.3 is 0 Å². The summed E-state index contributed by atoms with van der Waals surface area (Å²) in [6, 6.07) is 2.38. The normalized spacial score (nSPS) is 15.7. The highest BCUT2D eigenvalue weighted by Gasteiger charge is 2.21. The number of fused-ring (bicyclic) bond motifs is 1. The molecule has 2 aromatic rings. The molecule has 0 bridgehead atoms. The van der Waals surface area contributed by atoms with Crippen molar-refractivity contribution < 1.29 is 0 Å². The predicted octanol–water partition coefficient (Wildman–Crippen LogP) is 2.40. The summed E-state index contributed by atoms with van der Waals surface area (Å²) in [6.45, 7) is 3.11. The van der Waals surface area contributed by atoms with Crippen LogP contribution in [0.25, 0.3) is 0 Å². The smallest absolute Gasteiger partial charge is 0.0833 e. The highest BCUT2D eigenvalue weighted by Crippen LogP contribution is 2.35. The van der Waals surface area contributed by atoms with Gasteiger partial charge in [0.15, 0.2) is 0 Å². The molecule has 0 saturated heterocycles. The van der Waals surface area contributed by atoms with Crippen molar-refractivity contribution in [3.63, 3.8) is 0 Å². The van der Waals surface area contributed by atoms with E-state index in [2.05, 4.69) is 29.7 Å². The molecule has 0 aromatic carbocycles. The average Bonchev–Trinajstić information content (AvgIpc) is 3.06. The Balaban J connectivity index is 1.86. The third-order valence-corrected chi connectivity index (χ3v) is 4.96. The molecular formula is C14H20N4S. The highest BCUT2D eigenvalue weighted by molar-refractivity contribution is 7.12. The van der Waals surface area contributed by atoms with Crippen LogP contribution in [0.5, 0.6) is 0 Å². The second kappa shape index (κ2) is 5.45. The maximum atomic E-state index is 5.76. The summed E-state index contributed by atoms with van der Waals surface area (Å²) >= 11 is 1.89. The van der Waals surface area contributed by atoms with Gasteiger partial charge in [-0.1, -0.05) is 6.92 Å². The molecule has 1 unspecified atom stereocenters. The van der Waals surface area contributed by atoms with Gasteiger partial charge in [-0.05, 0) is 37.3 Å². The molecule has 2 aromatic heterocycles. The van der Waals surface area contributed by atoms with E-state index in [-0.39, 0.29) is 6.04 Å². The van der Waals surface area contributed by atoms with Gasteiger partial charge in [-0.2, -0.15) is 5.10 Å². The fourth-order valence-electron chi connectivity index (χ4n) is 2.72. The van der Waals surface area contributed by atoms with Gasteiger partial charge in [-0.3, -0.25) is 10.5 Å². The third-order valence-electron chi connectivity index (χ3n) is 3.66. The lowest BCUT2D eigenvalue weighted by Crippen LogP contribution is -2.28. The molecule has 0 fully saturated rings. The van der Waals surface area contributed by atoms with E-state index < -0.39 is 0 Å². The van der Waals surface area contributed by atoms with Gasteiger partial charge in [0.2, 0.25) is 0 Å². The molecule has 0 saturated carbocycles. The average molecular weight is 276 g/mol. The van der Waals surface area contributed by atoms with Crippen molar-refractivity contribution in [2.24, 2.45) is 5.84 Å². The molecule has 19 heavy (non-hydrogen) atoms. The van der Waals surface area contributed by atoms with Crippen LogP contribution in [0, 0.1) is 0 Å². The van der Waals surface area contributed by atoms with E-state index in [9.17, 15) is 0 Å². The Morgan fingerprint density at radius 3 is 3.16 bits per heavy atom. The Hall–Kier alpha value is -1.17. The lowest BCUT2D eigenvalue weighted by atomic mass is 10.1. The molecule has 2 heterocycles. The summed E-state index contributed by atoms with van der Waals surface area (Å²) < 4.78 is 1.99. The fraction of sp³-hybridized carbons (Fsp3) is 0.500. The molecule has 0 amide bonds. The fourth-order valence-corrected chi connectivity index (χ4v) is 4.06. The minimum Gasteiger partial charge on any atom is -0.272 e. The van der Waals surface area contributed by atoms with Crippen LogP contribution < -0.4 is 11.3 Å². The summed E-state index contributed by atoms with van der Waals surface area (Å²) in [6.07, 6.45) is 8.86. The number of aromatic nitrogens is 2. The number of nitrogens with two attached hydrogens (primary N) is 1. The standard InChI is InChI=1S/C14H20N4S/c1-2-6-18-9-11(8-16-18)14(17-15)13-7-10-4-3-5-12(10)19-13/h7-9,14,17H,2-6,15H2,1H3. The van der Waals surface area contributed by atoms with Gasteiger partial charge in [0, 0.05) is 28.1 Å². The van der Waals surface area contributed by atoms with E-state index in [1.807, 2.05) is 22.2 Å². The van der Waals surface area contributed by atoms with Gasteiger partial charge >= 0.3 is 0 Å². The molecule has 1 aliphatic carbocycles. The zero-order valence-electron chi connectivity index (χ0n) is 11.2. The SMILES string of the molecule is CCCn1cc(C(NN)c2cc3c(s2)CCC3)cn1. The Morgan fingerprint density at radius 2 is 2.42 bits per heavy atom. The van der Waals surface area contributed by atoms with E-state index in [4.69, 9.17) is 5.84 Å². The summed E-state index contributed by atoms with van der Waals surface area (Å²) in [4.78, 5) is 2.85. The Bertz CT molecular complexity index is 536. The van der Waals surface area contributed by atoms with Crippen LogP contribution in [-0.4, -0.2) is 9.78 Å². The molecule has 0 aliphatic heterocycles. The molecule has 4 nitrogen and oxygen atoms in total. The van der Waals surface area contributed by atoms with Gasteiger partial charge in [-0.25, -0.2) is 5.43 Å². The van der Waals surface area contributed by atoms with Crippen LogP contribution in [0.3, 0.4) is 0 Å². The second-order valence-electron chi connectivity index (χ2n) is 5.09. The number of hydrazine groups is 1. The summed E-state index contributed by atoms with van der Waals surface area (Å²) in [5.41, 5.74) is 5.60. The van der Waals surface area contributed by atoms with E-state index in [1.165, 1.54) is 34.6 Å². The van der Waals surface area contributed by atoms with Crippen LogP contribution in [-0.2, 0) is 19.4 Å². The number of rotatable bonds is 5. The first-order chi connectivity index (χ1) is 9.31. The number of thiophene rings is 1. The van der Waals surface area contributed by atoms with Gasteiger partial charge in [0.05, 0.1) is 12.2 Å². The van der Waals surface area contributed by atoms with E-state index >= 15 is 0 Å². The summed E-state index contributed by atoms with van der Waals surface area (Å²) in [7, 11) is 0. The topological polar surface area (TPSA) is 55.9 Å². The molecule has 3 N–H and O–H groups in total. The minimum atomic E-state index is 0.0706. The quantitative estimate of drug-likeness (QED) is 0.651. The Labute approximate surface area is 117 Å². The van der Waals surface area contributed by atoms with Crippen molar-refractivity contribution in [1.82, 2.24) is 15.2 Å². The van der Waals surface area contributed by atoms with Crippen molar-refractivity contribution in [3.8, 4) is 0 Å². The van der Waals surface area contributed by atoms with Gasteiger partial charge in [-0.15, -0.1) is 11.3 Å². The molecule has 0 spiro atoms. The summed E-state index contributed by atoms with van der Waals surface area (Å²) in [5, 5.41) is 4.39. The van der Waals surface area contributed by atoms with Crippen molar-refractivity contribution in [3.05, 3.63) is 39.3 Å². The van der Waals surface area contributed by atoms with Crippen LogP contribution >= 0.6 is 11.3 Å². The molecular weight excluding hydrogens is 256 g/mol. The number of hydrogen-bond acceptors (Lipinski definition) is 4. The van der Waals surface area contributed by atoms with E-state index in [0.717, 1.165) is 18.5 Å². The van der Waals surface area contributed by atoms with Crippen LogP contribution in [0.1, 0.15) is 46.7 Å². The van der Waals surface area contributed by atoms with Crippen molar-refractivity contribution in [2.75, 3.05) is 0 Å². The zero-order valence-corrected chi connectivity index (χ0v) is 12.0. The van der Waals surface area contributed by atoms with Crippen LogP contribution in [0.4, 0.5) is 0 Å². The van der Waals surface area contributed by atoms with Crippen molar-refractivity contribution >= 4 is 11.3 Å². The lowest BCUT2D eigenvalue weighted by molar-refractivity contribution is 0.598. The maximum absolute atomic E-state index is 5.76. The Morgan fingerprint density at radius 1 is 1.53 bits per heavy atom. The highest BCUT2D eigenvalue weighted by atomic mass is 32.1. The van der Waals surface area contributed by atoms with Gasteiger partial charge in [0.25, 0.3) is 0 Å². The zero-order chi connectivity index (χ0) is 13.2. The summed E-state index contributed by atoms with van der Waals surface area (Å²) in [5.74, 6) is 5.76. The third kappa shape index (κ3) is 2.45. The van der Waals surface area contributed by atoms with Crippen LogP contribution in [0.2, 0.25) is 0 Å². The second-order valence-corrected chi connectivity index (χ2v) is 6.26. The Kier molecular flexibility index (Phi) is 3.68. The van der Waals surface area contributed by atoms with E-state index in [0.29, 0.717) is 0 Å². The molecule has 102 valence electrons. The predicted molar refractivity (Wildman–Crippen MR) is 78.0 cm³/mol. The first-order valence-electron chi connectivity index (χ1n) is 6.91. The number of nitrogens with one attached hydrogen (secondary N) is 1. The molecule has 1 atom stereocenters. The molecule has 5 heteroatoms. The monoisotopic (exact) mass is 276 g/mol. The first kappa shape index (κ1) is 12.8. The minimum absolute atomic E-state index is 0.0706. The number of hydrogen-bond donors (Lipinski definition) is 2. The largest absolute Gasteiger partial charge is 0.272 e. The van der Waals surface area contributed by atoms with E-state index in [1.54, 1.807) is 0 Å². The maximum Gasteiger partial charge on any atom is 0.0833 e. The molecule has 0 radical (unpaired) electrons. The van der Waals surface area contributed by atoms with Gasteiger partial charge in [0.1, 0.15) is 0 Å².